The summed E-state index contributed by atoms with van der Waals surface area (Å²) in [6, 6.07) is 10.7. The van der Waals surface area contributed by atoms with Crippen LogP contribution in [0.1, 0.15) is 15.9 Å². The molecule has 2 rings (SSSR count). The van der Waals surface area contributed by atoms with Gasteiger partial charge in [0.2, 0.25) is 0 Å². The lowest BCUT2D eigenvalue weighted by atomic mass is 10.1. The summed E-state index contributed by atoms with van der Waals surface area (Å²) in [5.41, 5.74) is 0.828. The van der Waals surface area contributed by atoms with Gasteiger partial charge >= 0.3 is 5.97 Å². The highest BCUT2D eigenvalue weighted by Crippen LogP contribution is 2.23. The zero-order chi connectivity index (χ0) is 18.4. The largest absolute Gasteiger partial charge is 0.495 e. The maximum atomic E-state index is 12.0. The van der Waals surface area contributed by atoms with Crippen molar-refractivity contribution < 1.29 is 24.0 Å². The molecule has 130 valence electrons. The lowest BCUT2D eigenvalue weighted by Gasteiger charge is -2.10. The van der Waals surface area contributed by atoms with Crippen LogP contribution in [0.4, 0.5) is 11.4 Å². The molecule has 0 fully saturated rings. The molecule has 0 unspecified atom stereocenters. The smallest absolute Gasteiger partial charge is 0.338 e. The molecule has 0 saturated heterocycles. The molecule has 0 spiro atoms. The number of amides is 1. The van der Waals surface area contributed by atoms with Gasteiger partial charge in [0.15, 0.2) is 6.61 Å². The second kappa shape index (κ2) is 7.91. The molecule has 25 heavy (non-hydrogen) atoms. The predicted octanol–water partition coefficient (Wildman–Crippen LogP) is 2.71. The van der Waals surface area contributed by atoms with Crippen LogP contribution < -0.4 is 10.1 Å². The topological polar surface area (TPSA) is 108 Å². The van der Waals surface area contributed by atoms with Crippen LogP contribution in [0, 0.1) is 17.0 Å². The van der Waals surface area contributed by atoms with E-state index in [2.05, 4.69) is 5.32 Å². The normalized spacial score (nSPS) is 10.0. The molecule has 0 aliphatic heterocycles. The van der Waals surface area contributed by atoms with E-state index in [-0.39, 0.29) is 11.3 Å². The second-order valence-corrected chi connectivity index (χ2v) is 5.08. The first kappa shape index (κ1) is 17.9. The fourth-order valence-electron chi connectivity index (χ4n) is 2.14. The van der Waals surface area contributed by atoms with Crippen LogP contribution in [-0.4, -0.2) is 30.5 Å². The van der Waals surface area contributed by atoms with Crippen LogP contribution in [0.15, 0.2) is 42.5 Å². The zero-order valence-electron chi connectivity index (χ0n) is 13.6. The van der Waals surface area contributed by atoms with Crippen LogP contribution in [0.25, 0.3) is 0 Å². The number of para-hydroxylation sites is 2. The van der Waals surface area contributed by atoms with Gasteiger partial charge in [-0.15, -0.1) is 0 Å². The van der Waals surface area contributed by atoms with E-state index in [1.807, 2.05) is 0 Å². The molecule has 0 aliphatic carbocycles. The molecule has 8 heteroatoms. The molecule has 2 aromatic carbocycles. The molecule has 1 amide bonds. The molecule has 0 aliphatic rings. The summed E-state index contributed by atoms with van der Waals surface area (Å²) in [6.07, 6.45) is 0. The standard InChI is InChI=1S/C17H16N2O6/c1-11-9-12(7-8-14(11)19(22)23)17(21)25-10-16(20)18-13-5-3-4-6-15(13)24-2/h3-9H,10H2,1-2H3,(H,18,20). The number of nitro groups is 1. The first-order valence-electron chi connectivity index (χ1n) is 7.27. The van der Waals surface area contributed by atoms with Gasteiger partial charge in [0.25, 0.3) is 11.6 Å². The van der Waals surface area contributed by atoms with Gasteiger partial charge in [-0.2, -0.15) is 0 Å². The van der Waals surface area contributed by atoms with Crippen molar-refractivity contribution in [3.8, 4) is 5.75 Å². The number of carbonyl (C=O) groups is 2. The van der Waals surface area contributed by atoms with Crippen molar-refractivity contribution in [1.29, 1.82) is 0 Å². The fourth-order valence-corrected chi connectivity index (χ4v) is 2.14. The molecule has 1 N–H and O–H groups in total. The number of hydrogen-bond acceptors (Lipinski definition) is 6. The molecule has 0 bridgehead atoms. The Hall–Kier alpha value is -3.42. The van der Waals surface area contributed by atoms with E-state index in [0.29, 0.717) is 17.0 Å². The Morgan fingerprint density at radius 2 is 1.92 bits per heavy atom. The van der Waals surface area contributed by atoms with E-state index in [1.54, 1.807) is 24.3 Å². The third-order valence-electron chi connectivity index (χ3n) is 3.34. The van der Waals surface area contributed by atoms with Crippen LogP contribution in [0.3, 0.4) is 0 Å². The summed E-state index contributed by atoms with van der Waals surface area (Å²) >= 11 is 0. The molecule has 0 saturated carbocycles. The number of hydrogen-bond donors (Lipinski definition) is 1. The van der Waals surface area contributed by atoms with E-state index in [4.69, 9.17) is 9.47 Å². The van der Waals surface area contributed by atoms with E-state index >= 15 is 0 Å². The molecule has 0 aromatic heterocycles. The molecule has 0 heterocycles. The summed E-state index contributed by atoms with van der Waals surface area (Å²) in [6.45, 7) is 1.02. The molecule has 2 aromatic rings. The highest BCUT2D eigenvalue weighted by atomic mass is 16.6. The monoisotopic (exact) mass is 344 g/mol. The van der Waals surface area contributed by atoms with Gasteiger partial charge in [-0.25, -0.2) is 4.79 Å². The van der Waals surface area contributed by atoms with Crippen LogP contribution >= 0.6 is 0 Å². The summed E-state index contributed by atoms with van der Waals surface area (Å²) in [7, 11) is 1.47. The van der Waals surface area contributed by atoms with Crippen molar-refractivity contribution in [1.82, 2.24) is 0 Å². The first-order valence-corrected chi connectivity index (χ1v) is 7.27. The lowest BCUT2D eigenvalue weighted by molar-refractivity contribution is -0.385. The number of ether oxygens (including phenoxy) is 2. The third kappa shape index (κ3) is 4.54. The Morgan fingerprint density at radius 1 is 1.20 bits per heavy atom. The van der Waals surface area contributed by atoms with Crippen molar-refractivity contribution in [2.75, 3.05) is 19.0 Å². The molecular formula is C17H16N2O6. The fraction of sp³-hybridized carbons (Fsp3) is 0.176. The number of nitro benzene ring substituents is 1. The van der Waals surface area contributed by atoms with Gasteiger partial charge in [-0.3, -0.25) is 14.9 Å². The van der Waals surface area contributed by atoms with Crippen molar-refractivity contribution >= 4 is 23.3 Å². The predicted molar refractivity (Wildman–Crippen MR) is 89.7 cm³/mol. The maximum Gasteiger partial charge on any atom is 0.338 e. The van der Waals surface area contributed by atoms with Crippen molar-refractivity contribution in [2.24, 2.45) is 0 Å². The van der Waals surface area contributed by atoms with E-state index in [9.17, 15) is 19.7 Å². The van der Waals surface area contributed by atoms with Gasteiger partial charge in [-0.05, 0) is 31.2 Å². The number of anilines is 1. The summed E-state index contributed by atoms with van der Waals surface area (Å²) in [5.74, 6) is -0.794. The van der Waals surface area contributed by atoms with Gasteiger partial charge in [0, 0.05) is 11.6 Å². The Bertz CT molecular complexity index is 819. The van der Waals surface area contributed by atoms with Crippen LogP contribution in [-0.2, 0) is 9.53 Å². The number of aryl methyl sites for hydroxylation is 1. The number of benzene rings is 2. The molecular weight excluding hydrogens is 328 g/mol. The van der Waals surface area contributed by atoms with E-state index in [1.165, 1.54) is 32.2 Å². The van der Waals surface area contributed by atoms with Gasteiger partial charge < -0.3 is 14.8 Å². The number of nitrogens with one attached hydrogen (secondary N) is 1. The molecule has 8 nitrogen and oxygen atoms in total. The van der Waals surface area contributed by atoms with E-state index in [0.717, 1.165) is 0 Å². The Labute approximate surface area is 143 Å². The van der Waals surface area contributed by atoms with Crippen molar-refractivity contribution in [3.63, 3.8) is 0 Å². The van der Waals surface area contributed by atoms with Gasteiger partial charge in [0.1, 0.15) is 5.75 Å². The molecule has 0 radical (unpaired) electrons. The lowest BCUT2D eigenvalue weighted by Crippen LogP contribution is -2.21. The van der Waals surface area contributed by atoms with Crippen LogP contribution in [0.2, 0.25) is 0 Å². The Kier molecular flexibility index (Phi) is 5.67. The molecule has 0 atom stereocenters. The van der Waals surface area contributed by atoms with Gasteiger partial charge in [-0.1, -0.05) is 12.1 Å². The average Bonchev–Trinajstić information content (AvgIpc) is 2.59. The Morgan fingerprint density at radius 3 is 2.56 bits per heavy atom. The SMILES string of the molecule is COc1ccccc1NC(=O)COC(=O)c1ccc([N+](=O)[O-])c(C)c1. The summed E-state index contributed by atoms with van der Waals surface area (Å²) in [4.78, 5) is 34.1. The number of carbonyl (C=O) groups excluding carboxylic acids is 2. The first-order chi connectivity index (χ1) is 11.9. The summed E-state index contributed by atoms with van der Waals surface area (Å²) < 4.78 is 10.0. The van der Waals surface area contributed by atoms with Crippen molar-refractivity contribution in [2.45, 2.75) is 6.92 Å². The average molecular weight is 344 g/mol. The highest BCUT2D eigenvalue weighted by molar-refractivity contribution is 5.96. The third-order valence-corrected chi connectivity index (χ3v) is 3.34. The van der Waals surface area contributed by atoms with Crippen molar-refractivity contribution in [3.05, 3.63) is 63.7 Å². The minimum atomic E-state index is -0.742. The summed E-state index contributed by atoms with van der Waals surface area (Å²) in [5, 5.41) is 13.3. The van der Waals surface area contributed by atoms with Gasteiger partial charge in [0.05, 0.1) is 23.3 Å². The number of nitrogens with zero attached hydrogens (tertiary/aromatic N) is 1. The number of methoxy groups -OCH3 is 1. The minimum Gasteiger partial charge on any atom is -0.495 e. The number of rotatable bonds is 6. The second-order valence-electron chi connectivity index (χ2n) is 5.08. The van der Waals surface area contributed by atoms with Crippen LogP contribution in [0.5, 0.6) is 5.75 Å². The van der Waals surface area contributed by atoms with E-state index < -0.39 is 23.4 Å². The Balaban J connectivity index is 1.96. The zero-order valence-corrected chi connectivity index (χ0v) is 13.6. The number of esters is 1. The maximum absolute atomic E-state index is 12.0. The highest BCUT2D eigenvalue weighted by Gasteiger charge is 2.16. The quantitative estimate of drug-likeness (QED) is 0.490. The minimum absolute atomic E-state index is 0.0922.